The van der Waals surface area contributed by atoms with Crippen LogP contribution in [0, 0.1) is 11.3 Å². The lowest BCUT2D eigenvalue weighted by Crippen LogP contribution is -2.64. The molecule has 0 aromatic heterocycles. The van der Waals surface area contributed by atoms with Gasteiger partial charge in [0.1, 0.15) is 12.3 Å². The molecule has 0 bridgehead atoms. The second-order valence-corrected chi connectivity index (χ2v) is 11.7. The number of allylic oxidation sites excluding steroid dienone is 2. The molecule has 7 nitrogen and oxygen atoms in total. The smallest absolute Gasteiger partial charge is 0.227 e. The maximum Gasteiger partial charge on any atom is 0.227 e. The van der Waals surface area contributed by atoms with Gasteiger partial charge in [-0.15, -0.1) is 0 Å². The first-order valence-corrected chi connectivity index (χ1v) is 12.7. The van der Waals surface area contributed by atoms with Gasteiger partial charge in [-0.1, -0.05) is 18.2 Å². The monoisotopic (exact) mass is 445 g/mol. The molecular formula is C23H31N3O4S. The van der Waals surface area contributed by atoms with E-state index in [0.717, 1.165) is 11.3 Å². The Kier molecular flexibility index (Phi) is 5.62. The van der Waals surface area contributed by atoms with E-state index in [1.807, 2.05) is 26.0 Å². The third kappa shape index (κ3) is 4.95. The van der Waals surface area contributed by atoms with Crippen molar-refractivity contribution < 1.29 is 17.9 Å². The molecule has 31 heavy (non-hydrogen) atoms. The predicted molar refractivity (Wildman–Crippen MR) is 120 cm³/mol. The highest BCUT2D eigenvalue weighted by Crippen LogP contribution is 2.40. The van der Waals surface area contributed by atoms with Gasteiger partial charge in [-0.3, -0.25) is 10.2 Å². The molecule has 1 saturated heterocycles. The summed E-state index contributed by atoms with van der Waals surface area (Å²) in [6, 6.07) is 8.21. The van der Waals surface area contributed by atoms with Crippen molar-refractivity contribution in [1.82, 2.24) is 10.6 Å². The Hall–Kier alpha value is -2.35. The van der Waals surface area contributed by atoms with Gasteiger partial charge in [-0.25, -0.2) is 8.42 Å². The van der Waals surface area contributed by atoms with Crippen LogP contribution >= 0.6 is 0 Å². The highest BCUT2D eigenvalue weighted by Gasteiger charge is 2.46. The van der Waals surface area contributed by atoms with Crippen molar-refractivity contribution in [2.75, 3.05) is 18.1 Å². The fraction of sp³-hybridized carbons (Fsp3) is 0.565. The van der Waals surface area contributed by atoms with Crippen LogP contribution in [0.5, 0.6) is 0 Å². The average molecular weight is 446 g/mol. The summed E-state index contributed by atoms with van der Waals surface area (Å²) in [5.74, 6) is 0.395. The summed E-state index contributed by atoms with van der Waals surface area (Å²) >= 11 is 0. The molecule has 0 radical (unpaired) electrons. The van der Waals surface area contributed by atoms with Crippen molar-refractivity contribution in [3.05, 3.63) is 46.8 Å². The molecule has 2 heterocycles. The molecule has 2 aliphatic heterocycles. The van der Waals surface area contributed by atoms with Crippen molar-refractivity contribution in [3.63, 3.8) is 0 Å². The second-order valence-electron chi connectivity index (χ2n) is 9.68. The number of ether oxygens (including phenoxy) is 1. The zero-order valence-electron chi connectivity index (χ0n) is 18.3. The van der Waals surface area contributed by atoms with Crippen LogP contribution in [0.3, 0.4) is 0 Å². The number of benzene rings is 1. The third-order valence-corrected chi connectivity index (χ3v) is 8.09. The lowest BCUT2D eigenvalue weighted by Gasteiger charge is -2.40. The summed E-state index contributed by atoms with van der Waals surface area (Å²) in [6.07, 6.45) is 2.83. The fourth-order valence-corrected chi connectivity index (χ4v) is 6.43. The van der Waals surface area contributed by atoms with Crippen LogP contribution in [0.1, 0.15) is 57.1 Å². The summed E-state index contributed by atoms with van der Waals surface area (Å²) in [4.78, 5) is 12.8. The van der Waals surface area contributed by atoms with Crippen LogP contribution in [0.4, 0.5) is 0 Å². The molecule has 2 fully saturated rings. The van der Waals surface area contributed by atoms with Gasteiger partial charge < -0.3 is 15.4 Å². The summed E-state index contributed by atoms with van der Waals surface area (Å²) in [6.45, 7) is 5.93. The zero-order chi connectivity index (χ0) is 22.4. The molecule has 0 spiro atoms. The zero-order valence-corrected chi connectivity index (χ0v) is 19.1. The number of amides is 1. The normalized spacial score (nSPS) is 24.2. The number of nitrogens with one attached hydrogen (secondary N) is 3. The summed E-state index contributed by atoms with van der Waals surface area (Å²) in [5.41, 5.74) is 2.44. The Morgan fingerprint density at radius 1 is 1.26 bits per heavy atom. The van der Waals surface area contributed by atoms with E-state index >= 15 is 0 Å². The molecule has 1 aromatic carbocycles. The lowest BCUT2D eigenvalue weighted by atomic mass is 9.94. The van der Waals surface area contributed by atoms with Gasteiger partial charge in [0.15, 0.2) is 15.6 Å². The highest BCUT2D eigenvalue weighted by molar-refractivity contribution is 7.93. The van der Waals surface area contributed by atoms with Gasteiger partial charge in [0.2, 0.25) is 5.91 Å². The van der Waals surface area contributed by atoms with Gasteiger partial charge >= 0.3 is 0 Å². The minimum atomic E-state index is -3.04. The van der Waals surface area contributed by atoms with Crippen LogP contribution in [-0.2, 0) is 19.4 Å². The summed E-state index contributed by atoms with van der Waals surface area (Å²) < 4.78 is 29.1. The Morgan fingerprint density at radius 3 is 2.58 bits per heavy atom. The SMILES string of the molecule is CC(C)NC1=C(C(=N)c2cccc(C3CC3)c2)OC[C@@H](C(=O)NC2(C)CS(=O)(=O)C2)C1. The molecule has 3 N–H and O–H groups in total. The van der Waals surface area contributed by atoms with Crippen molar-refractivity contribution in [1.29, 1.82) is 5.41 Å². The number of hydrogen-bond donors (Lipinski definition) is 3. The molecule has 1 saturated carbocycles. The number of hydrogen-bond acceptors (Lipinski definition) is 6. The molecule has 1 aromatic rings. The van der Waals surface area contributed by atoms with E-state index in [4.69, 9.17) is 10.1 Å². The van der Waals surface area contributed by atoms with Crippen molar-refractivity contribution in [3.8, 4) is 0 Å². The van der Waals surface area contributed by atoms with E-state index in [-0.39, 0.29) is 30.1 Å². The number of rotatable bonds is 7. The Bertz CT molecular complexity index is 1030. The predicted octanol–water partition coefficient (Wildman–Crippen LogP) is 2.48. The van der Waals surface area contributed by atoms with Crippen LogP contribution in [0.15, 0.2) is 35.7 Å². The van der Waals surface area contributed by atoms with Crippen molar-refractivity contribution in [2.45, 2.75) is 57.5 Å². The first-order valence-electron chi connectivity index (χ1n) is 10.9. The van der Waals surface area contributed by atoms with Crippen LogP contribution in [0.2, 0.25) is 0 Å². The fourth-order valence-electron chi connectivity index (χ4n) is 4.43. The largest absolute Gasteiger partial charge is 0.489 e. The Morgan fingerprint density at radius 2 is 1.97 bits per heavy atom. The van der Waals surface area contributed by atoms with Gasteiger partial charge in [0.25, 0.3) is 0 Å². The quantitative estimate of drug-likeness (QED) is 0.559. The first kappa shape index (κ1) is 21.9. The maximum absolute atomic E-state index is 12.8. The molecule has 4 rings (SSSR count). The van der Waals surface area contributed by atoms with Crippen LogP contribution in [0.25, 0.3) is 0 Å². The molecule has 168 valence electrons. The van der Waals surface area contributed by atoms with E-state index in [1.54, 1.807) is 6.92 Å². The average Bonchev–Trinajstić information content (AvgIpc) is 3.50. The minimum Gasteiger partial charge on any atom is -0.489 e. The van der Waals surface area contributed by atoms with E-state index in [1.165, 1.54) is 18.4 Å². The highest BCUT2D eigenvalue weighted by atomic mass is 32.2. The molecule has 3 aliphatic rings. The second kappa shape index (κ2) is 7.97. The van der Waals surface area contributed by atoms with E-state index in [9.17, 15) is 13.2 Å². The topological polar surface area (TPSA) is 108 Å². The van der Waals surface area contributed by atoms with Gasteiger partial charge in [0.05, 0.1) is 28.7 Å². The molecule has 8 heteroatoms. The number of carbonyl (C=O) groups is 1. The van der Waals surface area contributed by atoms with Gasteiger partial charge in [-0.05, 0) is 51.2 Å². The molecular weight excluding hydrogens is 414 g/mol. The number of sulfone groups is 1. The molecule has 1 aliphatic carbocycles. The van der Waals surface area contributed by atoms with Crippen LogP contribution < -0.4 is 10.6 Å². The van der Waals surface area contributed by atoms with E-state index in [2.05, 4.69) is 22.8 Å². The Balaban J connectivity index is 1.51. The van der Waals surface area contributed by atoms with Crippen molar-refractivity contribution in [2.24, 2.45) is 5.92 Å². The minimum absolute atomic E-state index is 0.0283. The van der Waals surface area contributed by atoms with Crippen LogP contribution in [-0.4, -0.2) is 49.7 Å². The number of carbonyl (C=O) groups excluding carboxylic acids is 1. The third-order valence-electron chi connectivity index (χ3n) is 5.94. The summed E-state index contributed by atoms with van der Waals surface area (Å²) in [7, 11) is -3.04. The van der Waals surface area contributed by atoms with Crippen molar-refractivity contribution >= 4 is 21.5 Å². The standard InChI is InChI=1S/C23H31N3O4S/c1-14(2)25-19-10-18(22(27)26-23(3)12-31(28,29)13-23)11-30-21(19)20(24)17-6-4-5-16(9-17)15-7-8-15/h4-6,9,14-15,18,24-25H,7-8,10-13H2,1-3H3,(H,26,27)/t18-/m0/s1. The van der Waals surface area contributed by atoms with Gasteiger partial charge in [-0.2, -0.15) is 0 Å². The lowest BCUT2D eigenvalue weighted by molar-refractivity contribution is -0.128. The maximum atomic E-state index is 12.8. The molecule has 0 unspecified atom stereocenters. The van der Waals surface area contributed by atoms with E-state index < -0.39 is 21.3 Å². The molecule has 1 amide bonds. The first-order chi connectivity index (χ1) is 14.6. The molecule has 1 atom stereocenters. The summed E-state index contributed by atoms with van der Waals surface area (Å²) in [5, 5.41) is 15.0. The van der Waals surface area contributed by atoms with Gasteiger partial charge in [0, 0.05) is 18.0 Å². The Labute approximate surface area is 184 Å². The van der Waals surface area contributed by atoms with E-state index in [0.29, 0.717) is 23.8 Å².